The largest absolute Gasteiger partial charge is 0.497 e. The molecule has 0 fully saturated rings. The van der Waals surface area contributed by atoms with Crippen molar-refractivity contribution >= 4 is 5.91 Å². The van der Waals surface area contributed by atoms with Gasteiger partial charge in [-0.05, 0) is 24.3 Å². The van der Waals surface area contributed by atoms with Gasteiger partial charge in [-0.3, -0.25) is 4.79 Å². The van der Waals surface area contributed by atoms with E-state index in [-0.39, 0.29) is 12.5 Å². The van der Waals surface area contributed by atoms with Crippen molar-refractivity contribution in [3.8, 4) is 17.2 Å². The van der Waals surface area contributed by atoms with Crippen molar-refractivity contribution in [2.75, 3.05) is 20.8 Å². The molecule has 2 rings (SSSR count). The predicted octanol–water partition coefficient (Wildman–Crippen LogP) is 2.54. The first-order valence-corrected chi connectivity index (χ1v) is 6.98. The second-order valence-corrected chi connectivity index (χ2v) is 4.70. The Morgan fingerprint density at radius 2 is 1.91 bits per heavy atom. The Bertz CT molecular complexity index is 675. The van der Waals surface area contributed by atoms with Gasteiger partial charge in [0.1, 0.15) is 23.1 Å². The SMILES string of the molecule is COc1ccc(CNC(=O)COc2cccc(F)c2)c(OC)c1. The third kappa shape index (κ3) is 4.88. The van der Waals surface area contributed by atoms with Crippen molar-refractivity contribution in [3.63, 3.8) is 0 Å². The molecule has 0 unspecified atom stereocenters. The number of hydrogen-bond acceptors (Lipinski definition) is 4. The molecule has 0 radical (unpaired) electrons. The van der Waals surface area contributed by atoms with Crippen LogP contribution in [-0.4, -0.2) is 26.7 Å². The van der Waals surface area contributed by atoms with Crippen LogP contribution in [0.3, 0.4) is 0 Å². The molecular weight excluding hydrogens is 301 g/mol. The molecule has 0 spiro atoms. The number of methoxy groups -OCH3 is 2. The predicted molar refractivity (Wildman–Crippen MR) is 83.3 cm³/mol. The Labute approximate surface area is 134 Å². The van der Waals surface area contributed by atoms with E-state index in [1.807, 2.05) is 6.07 Å². The van der Waals surface area contributed by atoms with E-state index in [2.05, 4.69) is 5.32 Å². The fraction of sp³-hybridized carbons (Fsp3) is 0.235. The van der Waals surface area contributed by atoms with Gasteiger partial charge in [0.15, 0.2) is 6.61 Å². The van der Waals surface area contributed by atoms with Crippen molar-refractivity contribution in [1.29, 1.82) is 0 Å². The topological polar surface area (TPSA) is 56.8 Å². The van der Waals surface area contributed by atoms with Crippen LogP contribution in [0.25, 0.3) is 0 Å². The second kappa shape index (κ2) is 8.03. The van der Waals surface area contributed by atoms with Gasteiger partial charge < -0.3 is 19.5 Å². The molecule has 0 saturated heterocycles. The monoisotopic (exact) mass is 319 g/mol. The summed E-state index contributed by atoms with van der Waals surface area (Å²) in [4.78, 5) is 11.8. The standard InChI is InChI=1S/C17H18FNO4/c1-21-14-7-6-12(16(9-14)22-2)10-19-17(20)11-23-15-5-3-4-13(18)8-15/h3-9H,10-11H2,1-2H3,(H,19,20). The summed E-state index contributed by atoms with van der Waals surface area (Å²) in [5.41, 5.74) is 0.812. The minimum absolute atomic E-state index is 0.193. The highest BCUT2D eigenvalue weighted by atomic mass is 19.1. The van der Waals surface area contributed by atoms with Crippen molar-refractivity contribution in [3.05, 3.63) is 53.8 Å². The first-order valence-electron chi connectivity index (χ1n) is 6.98. The number of nitrogens with one attached hydrogen (secondary N) is 1. The molecule has 0 aliphatic heterocycles. The smallest absolute Gasteiger partial charge is 0.258 e. The average Bonchev–Trinajstić information content (AvgIpc) is 2.58. The van der Waals surface area contributed by atoms with E-state index < -0.39 is 5.82 Å². The molecule has 6 heteroatoms. The van der Waals surface area contributed by atoms with E-state index in [0.717, 1.165) is 5.56 Å². The van der Waals surface area contributed by atoms with Crippen molar-refractivity contribution in [2.24, 2.45) is 0 Å². The number of benzene rings is 2. The van der Waals surface area contributed by atoms with Crippen LogP contribution < -0.4 is 19.5 Å². The quantitative estimate of drug-likeness (QED) is 0.852. The van der Waals surface area contributed by atoms with Crippen LogP contribution in [0.2, 0.25) is 0 Å². The molecule has 0 aliphatic carbocycles. The lowest BCUT2D eigenvalue weighted by molar-refractivity contribution is -0.123. The molecule has 2 aromatic rings. The molecule has 0 saturated carbocycles. The van der Waals surface area contributed by atoms with Crippen molar-refractivity contribution in [2.45, 2.75) is 6.54 Å². The lowest BCUT2D eigenvalue weighted by Gasteiger charge is -2.12. The number of amides is 1. The molecule has 1 N–H and O–H groups in total. The molecule has 0 bridgehead atoms. The summed E-state index contributed by atoms with van der Waals surface area (Å²) in [5.74, 6) is 0.877. The third-order valence-electron chi connectivity index (χ3n) is 3.14. The molecule has 5 nitrogen and oxygen atoms in total. The summed E-state index contributed by atoms with van der Waals surface area (Å²) in [6.07, 6.45) is 0. The van der Waals surface area contributed by atoms with E-state index in [9.17, 15) is 9.18 Å². The summed E-state index contributed by atoms with van der Waals surface area (Å²) in [6.45, 7) is 0.0977. The van der Waals surface area contributed by atoms with Gasteiger partial charge in [0, 0.05) is 24.2 Å². The molecular formula is C17H18FNO4. The van der Waals surface area contributed by atoms with E-state index in [1.165, 1.54) is 18.2 Å². The van der Waals surface area contributed by atoms with Crippen LogP contribution >= 0.6 is 0 Å². The molecule has 0 heterocycles. The van der Waals surface area contributed by atoms with Crippen LogP contribution in [0, 0.1) is 5.82 Å². The summed E-state index contributed by atoms with van der Waals surface area (Å²) in [7, 11) is 3.12. The molecule has 1 amide bonds. The van der Waals surface area contributed by atoms with Crippen molar-refractivity contribution in [1.82, 2.24) is 5.32 Å². The molecule has 23 heavy (non-hydrogen) atoms. The Balaban J connectivity index is 1.87. The number of ether oxygens (including phenoxy) is 3. The van der Waals surface area contributed by atoms with E-state index >= 15 is 0 Å². The summed E-state index contributed by atoms with van der Waals surface area (Å²) in [5, 5.41) is 2.72. The van der Waals surface area contributed by atoms with Crippen LogP contribution in [0.1, 0.15) is 5.56 Å². The van der Waals surface area contributed by atoms with Gasteiger partial charge in [0.2, 0.25) is 0 Å². The molecule has 122 valence electrons. The first kappa shape index (κ1) is 16.6. The number of carbonyl (C=O) groups is 1. The normalized spacial score (nSPS) is 10.0. The number of carbonyl (C=O) groups excluding carboxylic acids is 1. The molecule has 0 aromatic heterocycles. The Morgan fingerprint density at radius 3 is 2.61 bits per heavy atom. The van der Waals surface area contributed by atoms with Gasteiger partial charge in [0.05, 0.1) is 14.2 Å². The maximum Gasteiger partial charge on any atom is 0.258 e. The highest BCUT2D eigenvalue weighted by molar-refractivity contribution is 5.77. The Hall–Kier alpha value is -2.76. The van der Waals surface area contributed by atoms with Crippen LogP contribution in [0.15, 0.2) is 42.5 Å². The maximum absolute atomic E-state index is 13.0. The van der Waals surface area contributed by atoms with E-state index in [0.29, 0.717) is 23.8 Å². The van der Waals surface area contributed by atoms with Crippen molar-refractivity contribution < 1.29 is 23.4 Å². The van der Waals surface area contributed by atoms with Crippen LogP contribution in [-0.2, 0) is 11.3 Å². The zero-order valence-electron chi connectivity index (χ0n) is 13.0. The third-order valence-corrected chi connectivity index (χ3v) is 3.14. The lowest BCUT2D eigenvalue weighted by atomic mass is 10.2. The van der Waals surface area contributed by atoms with Gasteiger partial charge in [-0.25, -0.2) is 4.39 Å². The molecule has 0 aliphatic rings. The van der Waals surface area contributed by atoms with E-state index in [4.69, 9.17) is 14.2 Å². The lowest BCUT2D eigenvalue weighted by Crippen LogP contribution is -2.28. The fourth-order valence-corrected chi connectivity index (χ4v) is 1.95. The van der Waals surface area contributed by atoms with Gasteiger partial charge >= 0.3 is 0 Å². The van der Waals surface area contributed by atoms with Crippen LogP contribution in [0.5, 0.6) is 17.2 Å². The minimum Gasteiger partial charge on any atom is -0.497 e. The van der Waals surface area contributed by atoms with Gasteiger partial charge in [0.25, 0.3) is 5.91 Å². The second-order valence-electron chi connectivity index (χ2n) is 4.70. The highest BCUT2D eigenvalue weighted by Gasteiger charge is 2.08. The maximum atomic E-state index is 13.0. The zero-order valence-corrected chi connectivity index (χ0v) is 13.0. The van der Waals surface area contributed by atoms with Gasteiger partial charge in [-0.15, -0.1) is 0 Å². The fourth-order valence-electron chi connectivity index (χ4n) is 1.95. The highest BCUT2D eigenvalue weighted by Crippen LogP contribution is 2.24. The van der Waals surface area contributed by atoms with Crippen LogP contribution in [0.4, 0.5) is 4.39 Å². The number of rotatable bonds is 7. The Morgan fingerprint density at radius 1 is 1.09 bits per heavy atom. The van der Waals surface area contributed by atoms with Gasteiger partial charge in [-0.1, -0.05) is 6.07 Å². The zero-order chi connectivity index (χ0) is 16.7. The summed E-state index contributed by atoms with van der Waals surface area (Å²) in [6, 6.07) is 11.0. The average molecular weight is 319 g/mol. The first-order chi connectivity index (χ1) is 11.1. The molecule has 0 atom stereocenters. The number of hydrogen-bond donors (Lipinski definition) is 1. The summed E-state index contributed by atoms with van der Waals surface area (Å²) < 4.78 is 28.6. The molecule has 2 aromatic carbocycles. The summed E-state index contributed by atoms with van der Waals surface area (Å²) >= 11 is 0. The Kier molecular flexibility index (Phi) is 5.80. The van der Waals surface area contributed by atoms with Gasteiger partial charge in [-0.2, -0.15) is 0 Å². The minimum atomic E-state index is -0.411. The van der Waals surface area contributed by atoms with E-state index in [1.54, 1.807) is 32.4 Å². The number of halogens is 1.